The van der Waals surface area contributed by atoms with Crippen LogP contribution in [0.1, 0.15) is 33.1 Å². The molecule has 0 amide bonds. The SMILES string of the molecule is CCB(CC)CCC1CC1. The topological polar surface area (TPSA) is 0 Å². The minimum Gasteiger partial charge on any atom is -0.0770 e. The molecule has 0 aliphatic heterocycles. The molecule has 0 spiro atoms. The largest absolute Gasteiger partial charge is 0.139 e. The fraction of sp³-hybridized carbons (Fsp3) is 1.00. The van der Waals surface area contributed by atoms with Crippen molar-refractivity contribution < 1.29 is 0 Å². The molecule has 0 saturated heterocycles. The predicted octanol–water partition coefficient (Wildman–Crippen LogP) is 3.32. The molecule has 1 aliphatic carbocycles. The lowest BCUT2D eigenvalue weighted by atomic mass is 9.43. The molecule has 0 nitrogen and oxygen atoms in total. The zero-order valence-corrected chi connectivity index (χ0v) is 7.40. The first kappa shape index (κ1) is 8.16. The molecule has 0 atom stereocenters. The Balaban J connectivity index is 1.97. The van der Waals surface area contributed by atoms with E-state index in [1.807, 2.05) is 0 Å². The molecule has 0 aromatic rings. The van der Waals surface area contributed by atoms with Crippen molar-refractivity contribution in [3.8, 4) is 0 Å². The standard InChI is InChI=1S/C9H19B/c1-3-10(4-2)8-7-9-5-6-9/h9H,3-8H2,1-2H3. The van der Waals surface area contributed by atoms with Gasteiger partial charge in [-0.25, -0.2) is 0 Å². The third kappa shape index (κ3) is 2.77. The Hall–Kier alpha value is 0.0649. The van der Waals surface area contributed by atoms with Crippen molar-refractivity contribution in [1.29, 1.82) is 0 Å². The first-order valence-corrected chi connectivity index (χ1v) is 4.86. The Kier molecular flexibility index (Phi) is 3.31. The van der Waals surface area contributed by atoms with Crippen LogP contribution in [-0.4, -0.2) is 6.71 Å². The van der Waals surface area contributed by atoms with Crippen LogP contribution in [0.2, 0.25) is 19.0 Å². The van der Waals surface area contributed by atoms with Gasteiger partial charge in [0.05, 0.1) is 0 Å². The van der Waals surface area contributed by atoms with Crippen LogP contribution in [0.5, 0.6) is 0 Å². The van der Waals surface area contributed by atoms with Crippen molar-refractivity contribution >= 4 is 6.71 Å². The van der Waals surface area contributed by atoms with Gasteiger partial charge in [0.1, 0.15) is 6.71 Å². The molecular weight excluding hydrogens is 119 g/mol. The van der Waals surface area contributed by atoms with Crippen molar-refractivity contribution in [3.05, 3.63) is 0 Å². The van der Waals surface area contributed by atoms with E-state index in [1.165, 1.54) is 38.2 Å². The molecular formula is C9H19B. The summed E-state index contributed by atoms with van der Waals surface area (Å²) in [5, 5.41) is 0. The predicted molar refractivity (Wildman–Crippen MR) is 48.9 cm³/mol. The molecule has 58 valence electrons. The van der Waals surface area contributed by atoms with Gasteiger partial charge in [-0.3, -0.25) is 0 Å². The first-order chi connectivity index (χ1) is 4.86. The van der Waals surface area contributed by atoms with Gasteiger partial charge in [0.2, 0.25) is 0 Å². The van der Waals surface area contributed by atoms with Crippen LogP contribution in [0.15, 0.2) is 0 Å². The second-order valence-electron chi connectivity index (χ2n) is 3.70. The van der Waals surface area contributed by atoms with Crippen LogP contribution in [0.25, 0.3) is 0 Å². The fourth-order valence-electron chi connectivity index (χ4n) is 1.57. The van der Waals surface area contributed by atoms with Gasteiger partial charge in [-0.1, -0.05) is 52.1 Å². The molecule has 1 fully saturated rings. The minimum absolute atomic E-state index is 1.03. The smallest absolute Gasteiger partial charge is 0.0770 e. The summed E-state index contributed by atoms with van der Waals surface area (Å²) in [4.78, 5) is 0. The van der Waals surface area contributed by atoms with E-state index in [4.69, 9.17) is 0 Å². The lowest BCUT2D eigenvalue weighted by molar-refractivity contribution is 0.787. The zero-order valence-electron chi connectivity index (χ0n) is 7.40. The van der Waals surface area contributed by atoms with Crippen molar-refractivity contribution in [2.75, 3.05) is 0 Å². The summed E-state index contributed by atoms with van der Waals surface area (Å²) < 4.78 is 0. The van der Waals surface area contributed by atoms with E-state index in [2.05, 4.69) is 13.8 Å². The van der Waals surface area contributed by atoms with Crippen molar-refractivity contribution in [3.63, 3.8) is 0 Å². The van der Waals surface area contributed by atoms with Gasteiger partial charge in [-0.05, 0) is 5.92 Å². The lowest BCUT2D eigenvalue weighted by Gasteiger charge is -2.06. The zero-order chi connectivity index (χ0) is 7.40. The molecule has 0 radical (unpaired) electrons. The van der Waals surface area contributed by atoms with E-state index in [0.717, 1.165) is 12.6 Å². The molecule has 0 bridgehead atoms. The number of hydrogen-bond acceptors (Lipinski definition) is 0. The van der Waals surface area contributed by atoms with Gasteiger partial charge < -0.3 is 0 Å². The highest BCUT2D eigenvalue weighted by Crippen LogP contribution is 2.34. The maximum Gasteiger partial charge on any atom is 0.139 e. The molecule has 0 aromatic carbocycles. The van der Waals surface area contributed by atoms with E-state index in [9.17, 15) is 0 Å². The maximum atomic E-state index is 2.32. The maximum absolute atomic E-state index is 2.32. The van der Waals surface area contributed by atoms with Crippen LogP contribution in [-0.2, 0) is 0 Å². The molecule has 0 unspecified atom stereocenters. The molecule has 1 rings (SSSR count). The van der Waals surface area contributed by atoms with Gasteiger partial charge in [0, 0.05) is 0 Å². The monoisotopic (exact) mass is 138 g/mol. The molecule has 0 aromatic heterocycles. The number of rotatable bonds is 5. The van der Waals surface area contributed by atoms with Crippen molar-refractivity contribution in [1.82, 2.24) is 0 Å². The fourth-order valence-corrected chi connectivity index (χ4v) is 1.57. The van der Waals surface area contributed by atoms with Gasteiger partial charge in [-0.15, -0.1) is 0 Å². The Bertz CT molecular complexity index is 82.7. The van der Waals surface area contributed by atoms with Crippen molar-refractivity contribution in [2.24, 2.45) is 5.92 Å². The van der Waals surface area contributed by atoms with Crippen molar-refractivity contribution in [2.45, 2.75) is 52.1 Å². The highest BCUT2D eigenvalue weighted by Gasteiger charge is 2.22. The van der Waals surface area contributed by atoms with Crippen LogP contribution in [0.4, 0.5) is 0 Å². The molecule has 0 heterocycles. The average Bonchev–Trinajstić information content (AvgIpc) is 2.74. The third-order valence-corrected chi connectivity index (χ3v) is 2.83. The lowest BCUT2D eigenvalue weighted by Crippen LogP contribution is -2.08. The Morgan fingerprint density at radius 1 is 1.20 bits per heavy atom. The van der Waals surface area contributed by atoms with Gasteiger partial charge in [0.15, 0.2) is 0 Å². The van der Waals surface area contributed by atoms with E-state index in [1.54, 1.807) is 0 Å². The summed E-state index contributed by atoms with van der Waals surface area (Å²) in [6, 6.07) is 0. The quantitative estimate of drug-likeness (QED) is 0.511. The molecule has 1 aliphatic rings. The highest BCUT2D eigenvalue weighted by molar-refractivity contribution is 6.58. The molecule has 0 N–H and O–H groups in total. The Labute approximate surface area is 65.5 Å². The molecule has 10 heavy (non-hydrogen) atoms. The van der Waals surface area contributed by atoms with E-state index < -0.39 is 0 Å². The van der Waals surface area contributed by atoms with Gasteiger partial charge in [0.25, 0.3) is 0 Å². The summed E-state index contributed by atoms with van der Waals surface area (Å²) in [7, 11) is 0. The van der Waals surface area contributed by atoms with Gasteiger partial charge >= 0.3 is 0 Å². The second-order valence-corrected chi connectivity index (χ2v) is 3.70. The summed E-state index contributed by atoms with van der Waals surface area (Å²) in [5.41, 5.74) is 0. The van der Waals surface area contributed by atoms with E-state index >= 15 is 0 Å². The van der Waals surface area contributed by atoms with Crippen LogP contribution in [0, 0.1) is 5.92 Å². The Morgan fingerprint density at radius 3 is 2.20 bits per heavy atom. The minimum atomic E-state index is 1.03. The third-order valence-electron chi connectivity index (χ3n) is 2.83. The number of hydrogen-bond donors (Lipinski definition) is 0. The van der Waals surface area contributed by atoms with Crippen LogP contribution >= 0.6 is 0 Å². The second kappa shape index (κ2) is 4.05. The van der Waals surface area contributed by atoms with Crippen LogP contribution < -0.4 is 0 Å². The van der Waals surface area contributed by atoms with Gasteiger partial charge in [-0.2, -0.15) is 0 Å². The highest BCUT2D eigenvalue weighted by atomic mass is 14.2. The summed E-state index contributed by atoms with van der Waals surface area (Å²) in [6.45, 7) is 5.67. The van der Waals surface area contributed by atoms with Crippen LogP contribution in [0.3, 0.4) is 0 Å². The average molecular weight is 138 g/mol. The molecule has 1 saturated carbocycles. The van der Waals surface area contributed by atoms with E-state index in [-0.39, 0.29) is 0 Å². The first-order valence-electron chi connectivity index (χ1n) is 4.86. The summed E-state index contributed by atoms with van der Waals surface area (Å²) in [5.74, 6) is 1.14. The Morgan fingerprint density at radius 2 is 1.80 bits per heavy atom. The summed E-state index contributed by atoms with van der Waals surface area (Å²) >= 11 is 0. The normalized spacial score (nSPS) is 17.4. The summed E-state index contributed by atoms with van der Waals surface area (Å²) in [6.07, 6.45) is 8.86. The van der Waals surface area contributed by atoms with E-state index in [0.29, 0.717) is 0 Å². The molecule has 1 heteroatoms.